The van der Waals surface area contributed by atoms with Crippen molar-refractivity contribution in [1.82, 2.24) is 15.2 Å². The maximum atomic E-state index is 12.9. The lowest BCUT2D eigenvalue weighted by Crippen LogP contribution is -2.35. The molecule has 27 heavy (non-hydrogen) atoms. The topological polar surface area (TPSA) is 62.3 Å². The van der Waals surface area contributed by atoms with Gasteiger partial charge in [0.15, 0.2) is 0 Å². The molecule has 1 unspecified atom stereocenters. The zero-order valence-electron chi connectivity index (χ0n) is 16.2. The number of carbonyl (C=O) groups excluding carboxylic acids is 2. The Bertz CT molecular complexity index is 665. The van der Waals surface area contributed by atoms with Crippen LogP contribution in [0.1, 0.15) is 63.4 Å². The average molecular weight is 370 g/mol. The molecule has 0 radical (unpaired) electrons. The lowest BCUT2D eigenvalue weighted by atomic mass is 9.66. The third-order valence-corrected chi connectivity index (χ3v) is 6.76. The van der Waals surface area contributed by atoms with Gasteiger partial charge in [0, 0.05) is 37.9 Å². The van der Waals surface area contributed by atoms with Crippen molar-refractivity contribution in [2.45, 2.75) is 70.3 Å². The molecule has 1 aromatic heterocycles. The number of nitrogens with zero attached hydrogens (tertiary/aromatic N) is 2. The SMILES string of the molecule is O=C(CCC1CN(C(=O)Cc2cccnc2)CC12CCCCC2)NC1CC1. The predicted octanol–water partition coefficient (Wildman–Crippen LogP) is 3.09. The van der Waals surface area contributed by atoms with Crippen molar-refractivity contribution in [3.8, 4) is 0 Å². The first-order chi connectivity index (χ1) is 13.1. The maximum Gasteiger partial charge on any atom is 0.227 e. The summed E-state index contributed by atoms with van der Waals surface area (Å²) in [4.78, 5) is 31.3. The predicted molar refractivity (Wildman–Crippen MR) is 104 cm³/mol. The van der Waals surface area contributed by atoms with Gasteiger partial charge in [0.05, 0.1) is 6.42 Å². The van der Waals surface area contributed by atoms with Gasteiger partial charge in [0.25, 0.3) is 0 Å². The Morgan fingerprint density at radius 3 is 2.74 bits per heavy atom. The van der Waals surface area contributed by atoms with E-state index in [1.165, 1.54) is 32.1 Å². The minimum absolute atomic E-state index is 0.198. The van der Waals surface area contributed by atoms with Crippen LogP contribution in [0.4, 0.5) is 0 Å². The molecule has 1 aliphatic heterocycles. The zero-order chi connectivity index (χ0) is 18.7. The van der Waals surface area contributed by atoms with Crippen LogP contribution in [0.5, 0.6) is 0 Å². The van der Waals surface area contributed by atoms with Crippen LogP contribution in [-0.4, -0.2) is 40.8 Å². The highest BCUT2D eigenvalue weighted by atomic mass is 16.2. The van der Waals surface area contributed by atoms with E-state index in [9.17, 15) is 9.59 Å². The summed E-state index contributed by atoms with van der Waals surface area (Å²) in [5.74, 6) is 0.863. The number of aromatic nitrogens is 1. The second-order valence-electron chi connectivity index (χ2n) is 8.81. The lowest BCUT2D eigenvalue weighted by molar-refractivity contribution is -0.130. The Balaban J connectivity index is 1.39. The summed E-state index contributed by atoms with van der Waals surface area (Å²) >= 11 is 0. The highest BCUT2D eigenvalue weighted by Crippen LogP contribution is 2.49. The largest absolute Gasteiger partial charge is 0.353 e. The van der Waals surface area contributed by atoms with Crippen molar-refractivity contribution >= 4 is 11.8 Å². The molecule has 0 aromatic carbocycles. The Morgan fingerprint density at radius 1 is 1.22 bits per heavy atom. The van der Waals surface area contributed by atoms with E-state index in [4.69, 9.17) is 0 Å². The Morgan fingerprint density at radius 2 is 2.04 bits per heavy atom. The van der Waals surface area contributed by atoms with Gasteiger partial charge >= 0.3 is 0 Å². The lowest BCUT2D eigenvalue weighted by Gasteiger charge is -2.38. The number of pyridine rings is 1. The summed E-state index contributed by atoms with van der Waals surface area (Å²) in [6, 6.07) is 4.29. The fourth-order valence-corrected chi connectivity index (χ4v) is 5.07. The molecule has 3 aliphatic rings. The van der Waals surface area contributed by atoms with E-state index in [0.717, 1.165) is 37.9 Å². The zero-order valence-corrected chi connectivity index (χ0v) is 16.2. The first-order valence-corrected chi connectivity index (χ1v) is 10.6. The molecule has 1 spiro atoms. The van der Waals surface area contributed by atoms with Gasteiger partial charge in [-0.2, -0.15) is 0 Å². The molecule has 146 valence electrons. The minimum atomic E-state index is 0.198. The molecule has 2 heterocycles. The monoisotopic (exact) mass is 369 g/mol. The number of carbonyl (C=O) groups is 2. The smallest absolute Gasteiger partial charge is 0.227 e. The van der Waals surface area contributed by atoms with Crippen LogP contribution in [0.25, 0.3) is 0 Å². The number of rotatable bonds is 6. The Kier molecular flexibility index (Phi) is 5.46. The molecule has 5 nitrogen and oxygen atoms in total. The molecule has 1 aromatic rings. The Labute approximate surface area is 161 Å². The Hall–Kier alpha value is -1.91. The van der Waals surface area contributed by atoms with Crippen LogP contribution in [-0.2, 0) is 16.0 Å². The van der Waals surface area contributed by atoms with Crippen molar-refractivity contribution in [1.29, 1.82) is 0 Å². The molecular formula is C22H31N3O2. The average Bonchev–Trinajstić information content (AvgIpc) is 3.42. The van der Waals surface area contributed by atoms with Crippen LogP contribution in [0.15, 0.2) is 24.5 Å². The normalized spacial score (nSPS) is 24.1. The van der Waals surface area contributed by atoms with E-state index in [1.54, 1.807) is 12.4 Å². The third-order valence-electron chi connectivity index (χ3n) is 6.76. The first kappa shape index (κ1) is 18.5. The van der Waals surface area contributed by atoms with E-state index >= 15 is 0 Å². The van der Waals surface area contributed by atoms with Gasteiger partial charge in [-0.05, 0) is 55.1 Å². The molecular weight excluding hydrogens is 338 g/mol. The van der Waals surface area contributed by atoms with Crippen molar-refractivity contribution < 1.29 is 9.59 Å². The van der Waals surface area contributed by atoms with Gasteiger partial charge in [-0.25, -0.2) is 0 Å². The highest BCUT2D eigenvalue weighted by Gasteiger charge is 2.47. The van der Waals surface area contributed by atoms with Gasteiger partial charge in [0.1, 0.15) is 0 Å². The van der Waals surface area contributed by atoms with Gasteiger partial charge in [-0.15, -0.1) is 0 Å². The minimum Gasteiger partial charge on any atom is -0.353 e. The highest BCUT2D eigenvalue weighted by molar-refractivity contribution is 5.79. The number of amides is 2. The molecule has 1 saturated heterocycles. The second-order valence-corrected chi connectivity index (χ2v) is 8.81. The number of likely N-dealkylation sites (tertiary alicyclic amines) is 1. The molecule has 5 heteroatoms. The summed E-state index contributed by atoms with van der Waals surface area (Å²) in [6.45, 7) is 1.69. The molecule has 3 fully saturated rings. The second kappa shape index (κ2) is 7.99. The van der Waals surface area contributed by atoms with E-state index in [1.807, 2.05) is 12.1 Å². The van der Waals surface area contributed by atoms with Crippen LogP contribution in [0, 0.1) is 11.3 Å². The maximum absolute atomic E-state index is 12.9. The van der Waals surface area contributed by atoms with Crippen LogP contribution in [0.2, 0.25) is 0 Å². The molecule has 0 bridgehead atoms. The molecule has 2 saturated carbocycles. The number of hydrogen-bond donors (Lipinski definition) is 1. The van der Waals surface area contributed by atoms with Crippen LogP contribution in [0.3, 0.4) is 0 Å². The van der Waals surface area contributed by atoms with Crippen molar-refractivity contribution in [3.63, 3.8) is 0 Å². The van der Waals surface area contributed by atoms with Gasteiger partial charge in [-0.3, -0.25) is 14.6 Å². The standard InChI is InChI=1S/C22H31N3O2/c26-20(24-19-7-8-19)9-6-18-15-25(16-22(18)10-2-1-3-11-22)21(27)13-17-5-4-12-23-14-17/h4-5,12,14,18-19H,1-3,6-11,13,15-16H2,(H,24,26). The van der Waals surface area contributed by atoms with Crippen LogP contribution < -0.4 is 5.32 Å². The van der Waals surface area contributed by atoms with Gasteiger partial charge in [-0.1, -0.05) is 25.3 Å². The van der Waals surface area contributed by atoms with E-state index in [0.29, 0.717) is 24.8 Å². The molecule has 2 amide bonds. The quantitative estimate of drug-likeness (QED) is 0.838. The number of nitrogens with one attached hydrogen (secondary N) is 1. The molecule has 4 rings (SSSR count). The summed E-state index contributed by atoms with van der Waals surface area (Å²) in [5.41, 5.74) is 1.22. The fourth-order valence-electron chi connectivity index (χ4n) is 5.07. The first-order valence-electron chi connectivity index (χ1n) is 10.6. The molecule has 2 aliphatic carbocycles. The van der Waals surface area contributed by atoms with Gasteiger partial charge in [0.2, 0.25) is 11.8 Å². The van der Waals surface area contributed by atoms with Gasteiger partial charge < -0.3 is 10.2 Å². The fraction of sp³-hybridized carbons (Fsp3) is 0.682. The molecule has 1 N–H and O–H groups in total. The summed E-state index contributed by atoms with van der Waals surface area (Å²) in [5, 5.41) is 3.11. The van der Waals surface area contributed by atoms with E-state index in [2.05, 4.69) is 15.2 Å². The number of hydrogen-bond acceptors (Lipinski definition) is 3. The van der Waals surface area contributed by atoms with Crippen LogP contribution >= 0.6 is 0 Å². The third kappa shape index (κ3) is 4.50. The summed E-state index contributed by atoms with van der Waals surface area (Å²) in [7, 11) is 0. The van der Waals surface area contributed by atoms with Crippen molar-refractivity contribution in [2.75, 3.05) is 13.1 Å². The summed E-state index contributed by atoms with van der Waals surface area (Å²) in [6.07, 6.45) is 14.0. The summed E-state index contributed by atoms with van der Waals surface area (Å²) < 4.78 is 0. The van der Waals surface area contributed by atoms with E-state index < -0.39 is 0 Å². The van der Waals surface area contributed by atoms with E-state index in [-0.39, 0.29) is 17.2 Å². The van der Waals surface area contributed by atoms with Crippen molar-refractivity contribution in [3.05, 3.63) is 30.1 Å². The molecule has 1 atom stereocenters. The van der Waals surface area contributed by atoms with Crippen molar-refractivity contribution in [2.24, 2.45) is 11.3 Å².